The minimum absolute atomic E-state index is 0.0500. The first-order valence-electron chi connectivity index (χ1n) is 7.09. The molecule has 1 aliphatic carbocycles. The van der Waals surface area contributed by atoms with Gasteiger partial charge in [0, 0.05) is 24.8 Å². The van der Waals surface area contributed by atoms with Gasteiger partial charge in [-0.1, -0.05) is 19.1 Å². The molecule has 1 aromatic carbocycles. The lowest BCUT2D eigenvalue weighted by Gasteiger charge is -2.30. The number of nitrogens with zero attached hydrogens (tertiary/aromatic N) is 1. The first-order chi connectivity index (χ1) is 9.19. The minimum Gasteiger partial charge on any atom is -0.399 e. The summed E-state index contributed by atoms with van der Waals surface area (Å²) in [5, 5.41) is 3.09. The third kappa shape index (κ3) is 3.88. The van der Waals surface area contributed by atoms with Gasteiger partial charge in [0.2, 0.25) is 0 Å². The molecule has 0 radical (unpaired) electrons. The second kappa shape index (κ2) is 6.45. The quantitative estimate of drug-likeness (QED) is 0.801. The Kier molecular flexibility index (Phi) is 4.66. The number of urea groups is 1. The Bertz CT molecular complexity index is 429. The highest BCUT2D eigenvalue weighted by molar-refractivity contribution is 5.74. The van der Waals surface area contributed by atoms with Crippen molar-refractivity contribution in [2.45, 2.75) is 45.2 Å². The molecule has 19 heavy (non-hydrogen) atoms. The summed E-state index contributed by atoms with van der Waals surface area (Å²) in [4.78, 5) is 14.1. The van der Waals surface area contributed by atoms with E-state index in [2.05, 4.69) is 12.2 Å². The molecule has 104 valence electrons. The van der Waals surface area contributed by atoms with E-state index in [9.17, 15) is 4.79 Å². The average Bonchev–Trinajstić information content (AvgIpc) is 2.33. The maximum absolute atomic E-state index is 12.2. The van der Waals surface area contributed by atoms with E-state index in [4.69, 9.17) is 5.73 Å². The molecular weight excluding hydrogens is 238 g/mol. The summed E-state index contributed by atoms with van der Waals surface area (Å²) in [7, 11) is 0. The second-order valence-electron chi connectivity index (χ2n) is 5.24. The number of nitrogens with one attached hydrogen (secondary N) is 1. The van der Waals surface area contributed by atoms with Crippen LogP contribution in [0.5, 0.6) is 0 Å². The molecule has 2 amide bonds. The molecule has 0 spiro atoms. The summed E-state index contributed by atoms with van der Waals surface area (Å²) < 4.78 is 0. The zero-order valence-corrected chi connectivity index (χ0v) is 11.6. The van der Waals surface area contributed by atoms with E-state index in [0.29, 0.717) is 12.6 Å². The fraction of sp³-hybridized carbons (Fsp3) is 0.533. The Hall–Kier alpha value is -1.71. The predicted molar refractivity (Wildman–Crippen MR) is 77.7 cm³/mol. The summed E-state index contributed by atoms with van der Waals surface area (Å²) in [6.45, 7) is 3.48. The first kappa shape index (κ1) is 13.7. The van der Waals surface area contributed by atoms with Crippen molar-refractivity contribution in [1.82, 2.24) is 10.2 Å². The fourth-order valence-electron chi connectivity index (χ4n) is 2.25. The van der Waals surface area contributed by atoms with Gasteiger partial charge in [-0.25, -0.2) is 4.79 Å². The lowest BCUT2D eigenvalue weighted by molar-refractivity contribution is 0.183. The van der Waals surface area contributed by atoms with Crippen LogP contribution in [0.2, 0.25) is 0 Å². The smallest absolute Gasteiger partial charge is 0.317 e. The molecule has 1 fully saturated rings. The van der Waals surface area contributed by atoms with Gasteiger partial charge in [-0.15, -0.1) is 0 Å². The monoisotopic (exact) mass is 261 g/mol. The van der Waals surface area contributed by atoms with Gasteiger partial charge in [0.25, 0.3) is 0 Å². The van der Waals surface area contributed by atoms with Gasteiger partial charge in [-0.3, -0.25) is 0 Å². The molecule has 0 aliphatic heterocycles. The van der Waals surface area contributed by atoms with Gasteiger partial charge in [0.05, 0.1) is 0 Å². The van der Waals surface area contributed by atoms with Gasteiger partial charge >= 0.3 is 6.03 Å². The zero-order chi connectivity index (χ0) is 13.7. The van der Waals surface area contributed by atoms with Crippen molar-refractivity contribution in [2.75, 3.05) is 12.3 Å². The number of hydrogen-bond donors (Lipinski definition) is 2. The molecule has 4 heteroatoms. The minimum atomic E-state index is 0.0500. The van der Waals surface area contributed by atoms with E-state index in [1.54, 1.807) is 0 Å². The van der Waals surface area contributed by atoms with Gasteiger partial charge in [0.15, 0.2) is 0 Å². The summed E-state index contributed by atoms with van der Waals surface area (Å²) in [5.74, 6) is 0. The SMILES string of the molecule is CCCN(Cc1cccc(N)c1)C(=O)NC1CCC1. The van der Waals surface area contributed by atoms with Crippen LogP contribution >= 0.6 is 0 Å². The van der Waals surface area contributed by atoms with Gasteiger partial charge in [0.1, 0.15) is 0 Å². The van der Waals surface area contributed by atoms with E-state index in [1.807, 2.05) is 29.2 Å². The molecule has 0 bridgehead atoms. The number of amides is 2. The molecule has 0 unspecified atom stereocenters. The zero-order valence-electron chi connectivity index (χ0n) is 11.6. The molecular formula is C15H23N3O. The number of nitrogens with two attached hydrogens (primary N) is 1. The van der Waals surface area contributed by atoms with E-state index in [-0.39, 0.29) is 6.03 Å². The van der Waals surface area contributed by atoms with Crippen LogP contribution in [-0.4, -0.2) is 23.5 Å². The van der Waals surface area contributed by atoms with E-state index < -0.39 is 0 Å². The lowest BCUT2D eigenvalue weighted by atomic mass is 9.93. The highest BCUT2D eigenvalue weighted by Gasteiger charge is 2.22. The lowest BCUT2D eigenvalue weighted by Crippen LogP contribution is -2.47. The van der Waals surface area contributed by atoms with Crippen LogP contribution in [0.15, 0.2) is 24.3 Å². The van der Waals surface area contributed by atoms with Crippen molar-refractivity contribution in [3.63, 3.8) is 0 Å². The van der Waals surface area contributed by atoms with Crippen molar-refractivity contribution < 1.29 is 4.79 Å². The normalized spacial score (nSPS) is 14.8. The van der Waals surface area contributed by atoms with Gasteiger partial charge in [-0.2, -0.15) is 0 Å². The maximum atomic E-state index is 12.2. The molecule has 0 aromatic heterocycles. The molecule has 2 rings (SSSR count). The van der Waals surface area contributed by atoms with Crippen LogP contribution in [0.25, 0.3) is 0 Å². The fourth-order valence-corrected chi connectivity index (χ4v) is 2.25. The highest BCUT2D eigenvalue weighted by Crippen LogP contribution is 2.18. The van der Waals surface area contributed by atoms with E-state index in [1.165, 1.54) is 6.42 Å². The largest absolute Gasteiger partial charge is 0.399 e. The predicted octanol–water partition coefficient (Wildman–Crippen LogP) is 2.74. The summed E-state index contributed by atoms with van der Waals surface area (Å²) in [6, 6.07) is 8.16. The topological polar surface area (TPSA) is 58.4 Å². The Labute approximate surface area is 115 Å². The van der Waals surface area contributed by atoms with E-state index >= 15 is 0 Å². The molecule has 4 nitrogen and oxygen atoms in total. The van der Waals surface area contributed by atoms with Crippen molar-refractivity contribution in [3.8, 4) is 0 Å². The third-order valence-electron chi connectivity index (χ3n) is 3.54. The van der Waals surface area contributed by atoms with Gasteiger partial charge < -0.3 is 16.0 Å². The molecule has 0 saturated heterocycles. The van der Waals surface area contributed by atoms with Crippen molar-refractivity contribution in [1.29, 1.82) is 0 Å². The second-order valence-corrected chi connectivity index (χ2v) is 5.24. The Morgan fingerprint density at radius 3 is 2.84 bits per heavy atom. The number of carbonyl (C=O) groups is 1. The van der Waals surface area contributed by atoms with Crippen LogP contribution in [0, 0.1) is 0 Å². The summed E-state index contributed by atoms with van der Waals surface area (Å²) >= 11 is 0. The molecule has 3 N–H and O–H groups in total. The molecule has 0 atom stereocenters. The van der Waals surface area contributed by atoms with E-state index in [0.717, 1.165) is 37.1 Å². The maximum Gasteiger partial charge on any atom is 0.317 e. The first-order valence-corrected chi connectivity index (χ1v) is 7.09. The van der Waals surface area contributed by atoms with Crippen molar-refractivity contribution in [2.24, 2.45) is 0 Å². The van der Waals surface area contributed by atoms with Crippen molar-refractivity contribution >= 4 is 11.7 Å². The number of anilines is 1. The third-order valence-corrected chi connectivity index (χ3v) is 3.54. The summed E-state index contributed by atoms with van der Waals surface area (Å²) in [6.07, 6.45) is 4.42. The Balaban J connectivity index is 1.96. The number of nitrogen functional groups attached to an aromatic ring is 1. The highest BCUT2D eigenvalue weighted by atomic mass is 16.2. The molecule has 1 aromatic rings. The number of rotatable bonds is 5. The van der Waals surface area contributed by atoms with Crippen LogP contribution in [-0.2, 0) is 6.54 Å². The average molecular weight is 261 g/mol. The van der Waals surface area contributed by atoms with Crippen LogP contribution < -0.4 is 11.1 Å². The standard InChI is InChI=1S/C15H23N3O/c1-2-9-18(15(19)17-14-7-4-8-14)11-12-5-3-6-13(16)10-12/h3,5-6,10,14H,2,4,7-9,11,16H2,1H3,(H,17,19). The number of hydrogen-bond acceptors (Lipinski definition) is 2. The summed E-state index contributed by atoms with van der Waals surface area (Å²) in [5.41, 5.74) is 7.60. The van der Waals surface area contributed by atoms with Gasteiger partial charge in [-0.05, 0) is 43.4 Å². The molecule has 1 saturated carbocycles. The Morgan fingerprint density at radius 2 is 2.26 bits per heavy atom. The van der Waals surface area contributed by atoms with Crippen LogP contribution in [0.4, 0.5) is 10.5 Å². The Morgan fingerprint density at radius 1 is 1.47 bits per heavy atom. The van der Waals surface area contributed by atoms with Crippen molar-refractivity contribution in [3.05, 3.63) is 29.8 Å². The number of carbonyl (C=O) groups excluding carboxylic acids is 1. The number of benzene rings is 1. The van der Waals surface area contributed by atoms with Crippen LogP contribution in [0.3, 0.4) is 0 Å². The molecule has 0 heterocycles. The van der Waals surface area contributed by atoms with Crippen LogP contribution in [0.1, 0.15) is 38.2 Å². The molecule has 1 aliphatic rings.